The van der Waals surface area contributed by atoms with Crippen molar-refractivity contribution in [3.63, 3.8) is 0 Å². The van der Waals surface area contributed by atoms with Crippen molar-refractivity contribution in [2.45, 2.75) is 32.5 Å². The van der Waals surface area contributed by atoms with Crippen LogP contribution in [0.1, 0.15) is 42.3 Å². The molecule has 0 saturated carbocycles. The lowest BCUT2D eigenvalue weighted by Crippen LogP contribution is -2.33. The minimum absolute atomic E-state index is 0.0359. The lowest BCUT2D eigenvalue weighted by Gasteiger charge is -2.28. The van der Waals surface area contributed by atoms with Crippen molar-refractivity contribution in [3.05, 3.63) is 59.7 Å². The number of phosphoric acid groups is 1. The molecule has 0 aromatic heterocycles. The molecule has 0 bridgehead atoms. The zero-order chi connectivity index (χ0) is 26.3. The molecule has 1 aliphatic rings. The molecule has 2 unspecified atom stereocenters. The van der Waals surface area contributed by atoms with Gasteiger partial charge in [0.05, 0.1) is 39.9 Å². The third kappa shape index (κ3) is 6.50. The Morgan fingerprint density at radius 1 is 1.17 bits per heavy atom. The molecule has 10 nitrogen and oxygen atoms in total. The summed E-state index contributed by atoms with van der Waals surface area (Å²) in [5, 5.41) is 8.93. The molecule has 1 saturated heterocycles. The lowest BCUT2D eigenvalue weighted by atomic mass is 9.90. The zero-order valence-electron chi connectivity index (χ0n) is 20.5. The van der Waals surface area contributed by atoms with Crippen molar-refractivity contribution in [2.75, 3.05) is 27.4 Å². The molecule has 0 aliphatic carbocycles. The minimum atomic E-state index is -4.61. The summed E-state index contributed by atoms with van der Waals surface area (Å²) < 4.78 is 46.5. The number of carbonyl (C=O) groups is 2. The van der Waals surface area contributed by atoms with E-state index in [1.165, 1.54) is 26.4 Å². The zero-order valence-corrected chi connectivity index (χ0v) is 21.4. The highest BCUT2D eigenvalue weighted by molar-refractivity contribution is 7.48. The number of ether oxygens (including phenoxy) is 3. The first-order valence-corrected chi connectivity index (χ1v) is 12.6. The van der Waals surface area contributed by atoms with Gasteiger partial charge in [-0.25, -0.2) is 9.36 Å². The van der Waals surface area contributed by atoms with Gasteiger partial charge in [0.2, 0.25) is 0 Å². The van der Waals surface area contributed by atoms with Crippen molar-refractivity contribution < 1.29 is 41.9 Å². The van der Waals surface area contributed by atoms with Crippen LogP contribution >= 0.6 is 7.82 Å². The maximum Gasteiger partial charge on any atom is 0.476 e. The smallest absolute Gasteiger partial charge is 0.476 e. The molecule has 3 rings (SSSR count). The highest BCUT2D eigenvalue weighted by Crippen LogP contribution is 2.57. The van der Waals surface area contributed by atoms with Gasteiger partial charge in [-0.15, -0.1) is 0 Å². The van der Waals surface area contributed by atoms with E-state index in [0.29, 0.717) is 11.5 Å². The average molecular weight is 517 g/mol. The van der Waals surface area contributed by atoms with Gasteiger partial charge in [0, 0.05) is 17.0 Å². The summed E-state index contributed by atoms with van der Waals surface area (Å²) in [6.45, 7) is 3.11. The quantitative estimate of drug-likeness (QED) is 0.170. The second kappa shape index (κ2) is 11.7. The van der Waals surface area contributed by atoms with Crippen LogP contribution in [0, 0.1) is 16.7 Å². The summed E-state index contributed by atoms with van der Waals surface area (Å²) in [5.74, 6) is -0.561. The van der Waals surface area contributed by atoms with E-state index in [9.17, 15) is 14.2 Å². The Kier molecular flexibility index (Phi) is 8.88. The average Bonchev–Trinajstić information content (AvgIpc) is 3.13. The highest BCUT2D eigenvalue weighted by atomic mass is 31.2. The van der Waals surface area contributed by atoms with Gasteiger partial charge in [0.1, 0.15) is 11.5 Å². The highest BCUT2D eigenvalue weighted by Gasteiger charge is 2.50. The molecule has 1 aliphatic heterocycles. The molecule has 0 radical (unpaired) electrons. The molecule has 1 fully saturated rings. The number of nitriles is 1. The molecule has 1 heterocycles. The van der Waals surface area contributed by atoms with Crippen LogP contribution in [0.3, 0.4) is 0 Å². The lowest BCUT2D eigenvalue weighted by molar-refractivity contribution is -0.145. The molecule has 0 N–H and O–H groups in total. The summed E-state index contributed by atoms with van der Waals surface area (Å²) in [5.41, 5.74) is -0.318. The van der Waals surface area contributed by atoms with Crippen LogP contribution in [-0.4, -0.2) is 45.3 Å². The third-order valence-corrected chi connectivity index (χ3v) is 6.85. The van der Waals surface area contributed by atoms with Gasteiger partial charge >= 0.3 is 13.8 Å². The maximum absolute atomic E-state index is 13.9. The van der Waals surface area contributed by atoms with Gasteiger partial charge in [0.15, 0.2) is 18.0 Å². The van der Waals surface area contributed by atoms with Crippen molar-refractivity contribution in [1.29, 1.82) is 5.26 Å². The van der Waals surface area contributed by atoms with Crippen LogP contribution < -0.4 is 9.47 Å². The number of rotatable bonds is 12. The van der Waals surface area contributed by atoms with Crippen molar-refractivity contribution in [3.8, 4) is 17.6 Å². The van der Waals surface area contributed by atoms with E-state index in [4.69, 9.17) is 33.0 Å². The van der Waals surface area contributed by atoms with E-state index in [0.717, 1.165) is 0 Å². The van der Waals surface area contributed by atoms with Crippen LogP contribution in [0.2, 0.25) is 0 Å². The number of cyclic esters (lactones) is 1. The number of carbonyl (C=O) groups excluding carboxylic acids is 2. The number of ketones is 1. The number of phosphoric ester groups is 1. The first kappa shape index (κ1) is 27.4. The Hall–Kier alpha value is -3.22. The molecular weight excluding hydrogens is 489 g/mol. The second-order valence-electron chi connectivity index (χ2n) is 8.63. The standard InChI is InChI=1S/C25H28NO9P/c1-25(2)16-32-24(28)23(25)35-36(29,33-12-8-11-26)34-22(21(27)17-9-6-5-7-10-17)18-13-19(30-3)15-20(14-18)31-4/h5-7,9-10,13-15,22-23H,8,12,16H2,1-4H3/t22-,23?,36?/m1/s1. The van der Waals surface area contributed by atoms with Crippen LogP contribution in [0.15, 0.2) is 48.5 Å². The third-order valence-electron chi connectivity index (χ3n) is 5.42. The molecular formula is C25H28NO9P. The number of hydrogen-bond donors (Lipinski definition) is 0. The number of benzene rings is 2. The summed E-state index contributed by atoms with van der Waals surface area (Å²) >= 11 is 0. The second-order valence-corrected chi connectivity index (χ2v) is 10.2. The molecule has 192 valence electrons. The molecule has 2 aromatic carbocycles. The Labute approximate surface area is 209 Å². The first-order valence-electron chi connectivity index (χ1n) is 11.1. The van der Waals surface area contributed by atoms with Gasteiger partial charge < -0.3 is 14.2 Å². The predicted molar refractivity (Wildman–Crippen MR) is 128 cm³/mol. The van der Waals surface area contributed by atoms with Gasteiger partial charge in [-0.3, -0.25) is 18.4 Å². The largest absolute Gasteiger partial charge is 0.497 e. The van der Waals surface area contributed by atoms with Crippen LogP contribution in [0.5, 0.6) is 11.5 Å². The number of nitrogens with zero attached hydrogens (tertiary/aromatic N) is 1. The van der Waals surface area contributed by atoms with Gasteiger partial charge in [0.25, 0.3) is 0 Å². The van der Waals surface area contributed by atoms with E-state index in [2.05, 4.69) is 0 Å². The minimum Gasteiger partial charge on any atom is -0.497 e. The van der Waals surface area contributed by atoms with Crippen molar-refractivity contribution >= 4 is 19.6 Å². The first-order chi connectivity index (χ1) is 17.1. The fourth-order valence-electron chi connectivity index (χ4n) is 3.45. The molecule has 0 amide bonds. The van der Waals surface area contributed by atoms with Crippen molar-refractivity contribution in [1.82, 2.24) is 0 Å². The SMILES string of the molecule is COc1cc(OC)cc([C@@H](OP(=O)(OCCC#N)OC2C(=O)OCC2(C)C)C(=O)c2ccccc2)c1. The predicted octanol–water partition coefficient (Wildman–Crippen LogP) is 4.65. The van der Waals surface area contributed by atoms with Gasteiger partial charge in [-0.1, -0.05) is 44.2 Å². The number of methoxy groups -OCH3 is 2. The molecule has 36 heavy (non-hydrogen) atoms. The summed E-state index contributed by atoms with van der Waals surface area (Å²) in [7, 11) is -1.72. The maximum atomic E-state index is 13.9. The number of hydrogen-bond acceptors (Lipinski definition) is 10. The van der Waals surface area contributed by atoms with E-state index >= 15 is 0 Å². The molecule has 2 aromatic rings. The van der Waals surface area contributed by atoms with E-state index in [1.54, 1.807) is 50.2 Å². The Balaban J connectivity index is 2.06. The molecule has 11 heteroatoms. The van der Waals surface area contributed by atoms with Crippen LogP contribution in [0.4, 0.5) is 0 Å². The summed E-state index contributed by atoms with van der Waals surface area (Å²) in [4.78, 5) is 25.9. The van der Waals surface area contributed by atoms with Gasteiger partial charge in [-0.05, 0) is 17.7 Å². The molecule has 0 spiro atoms. The Bertz CT molecular complexity index is 1150. The number of Topliss-reactive ketones (excluding diaryl/α,β-unsaturated/α-hetero) is 1. The Morgan fingerprint density at radius 2 is 1.81 bits per heavy atom. The van der Waals surface area contributed by atoms with E-state index < -0.39 is 37.2 Å². The fraction of sp³-hybridized carbons (Fsp3) is 0.400. The monoisotopic (exact) mass is 517 g/mol. The van der Waals surface area contributed by atoms with Crippen LogP contribution in [-0.2, 0) is 27.7 Å². The topological polar surface area (TPSA) is 130 Å². The van der Waals surface area contributed by atoms with Crippen LogP contribution in [0.25, 0.3) is 0 Å². The van der Waals surface area contributed by atoms with E-state index in [1.807, 2.05) is 6.07 Å². The normalized spacial score (nSPS) is 19.0. The summed E-state index contributed by atoms with van der Waals surface area (Å²) in [6.07, 6.45) is -2.90. The Morgan fingerprint density at radius 3 is 2.33 bits per heavy atom. The molecule has 3 atom stereocenters. The number of esters is 1. The fourth-order valence-corrected chi connectivity index (χ4v) is 5.05. The van der Waals surface area contributed by atoms with Gasteiger partial charge in [-0.2, -0.15) is 5.26 Å². The van der Waals surface area contributed by atoms with Crippen molar-refractivity contribution in [2.24, 2.45) is 5.41 Å². The summed E-state index contributed by atoms with van der Waals surface area (Å²) in [6, 6.07) is 14.8. The van der Waals surface area contributed by atoms with E-state index in [-0.39, 0.29) is 30.8 Å².